The number of benzene rings is 1. The van der Waals surface area contributed by atoms with Gasteiger partial charge in [-0.3, -0.25) is 4.79 Å². The number of nitrogens with one attached hydrogen (secondary N) is 1. The highest BCUT2D eigenvalue weighted by molar-refractivity contribution is 7.88. The summed E-state index contributed by atoms with van der Waals surface area (Å²) >= 11 is 1.41. The van der Waals surface area contributed by atoms with Gasteiger partial charge < -0.3 is 4.90 Å². The van der Waals surface area contributed by atoms with Crippen LogP contribution in [0.1, 0.15) is 33.1 Å². The van der Waals surface area contributed by atoms with E-state index in [-0.39, 0.29) is 11.9 Å². The molecule has 0 fully saturated rings. The van der Waals surface area contributed by atoms with Crippen LogP contribution in [-0.4, -0.2) is 39.1 Å². The third-order valence-corrected chi connectivity index (χ3v) is 5.65. The third-order valence-electron chi connectivity index (χ3n) is 3.79. The van der Waals surface area contributed by atoms with Crippen molar-refractivity contribution >= 4 is 27.3 Å². The topological polar surface area (TPSA) is 66.5 Å². The first-order valence-corrected chi connectivity index (χ1v) is 10.3. The molecule has 2 rings (SSSR count). The molecule has 0 radical (unpaired) electrons. The van der Waals surface area contributed by atoms with Gasteiger partial charge in [0.1, 0.15) is 0 Å². The summed E-state index contributed by atoms with van der Waals surface area (Å²) in [7, 11) is -1.38. The van der Waals surface area contributed by atoms with Crippen molar-refractivity contribution in [3.8, 4) is 0 Å². The monoisotopic (exact) mass is 366 g/mol. The Hall–Kier alpha value is -1.70. The van der Waals surface area contributed by atoms with Gasteiger partial charge in [-0.05, 0) is 31.0 Å². The number of amides is 1. The molecule has 7 heteroatoms. The third kappa shape index (κ3) is 5.15. The number of carbonyl (C=O) groups excluding carboxylic acids is 1. The van der Waals surface area contributed by atoms with Gasteiger partial charge in [-0.1, -0.05) is 30.3 Å². The van der Waals surface area contributed by atoms with Gasteiger partial charge in [0, 0.05) is 18.5 Å². The Morgan fingerprint density at radius 2 is 1.88 bits per heavy atom. The zero-order valence-electron chi connectivity index (χ0n) is 14.0. The predicted molar refractivity (Wildman–Crippen MR) is 97.8 cm³/mol. The fourth-order valence-electron chi connectivity index (χ4n) is 2.29. The number of hydrogen-bond acceptors (Lipinski definition) is 4. The van der Waals surface area contributed by atoms with Crippen molar-refractivity contribution < 1.29 is 13.2 Å². The molecule has 0 aliphatic heterocycles. The maximum atomic E-state index is 12.6. The minimum absolute atomic E-state index is 0.0175. The van der Waals surface area contributed by atoms with Crippen LogP contribution in [0.3, 0.4) is 0 Å². The summed E-state index contributed by atoms with van der Waals surface area (Å²) in [5.41, 5.74) is 1.09. The van der Waals surface area contributed by atoms with E-state index in [1.165, 1.54) is 11.3 Å². The van der Waals surface area contributed by atoms with Gasteiger partial charge in [0.15, 0.2) is 0 Å². The van der Waals surface area contributed by atoms with Crippen LogP contribution in [0.15, 0.2) is 42.5 Å². The van der Waals surface area contributed by atoms with Crippen molar-refractivity contribution in [1.29, 1.82) is 0 Å². The Labute approximate surface area is 147 Å². The van der Waals surface area contributed by atoms with Gasteiger partial charge in [-0.25, -0.2) is 13.1 Å². The second kappa shape index (κ2) is 7.92. The molecule has 1 amide bonds. The van der Waals surface area contributed by atoms with Gasteiger partial charge in [0.05, 0.1) is 17.2 Å². The van der Waals surface area contributed by atoms with E-state index in [2.05, 4.69) is 4.72 Å². The molecule has 0 spiro atoms. The fourth-order valence-corrected chi connectivity index (χ4v) is 3.75. The average molecular weight is 367 g/mol. The second-order valence-corrected chi connectivity index (χ2v) is 8.69. The van der Waals surface area contributed by atoms with Gasteiger partial charge in [-0.15, -0.1) is 11.3 Å². The lowest BCUT2D eigenvalue weighted by atomic mass is 10.1. The summed E-state index contributed by atoms with van der Waals surface area (Å²) in [6.45, 7) is 2.33. The Kier molecular flexibility index (Phi) is 6.15. The molecule has 1 N–H and O–H groups in total. The minimum Gasteiger partial charge on any atom is -0.334 e. The number of carbonyl (C=O) groups is 1. The number of hydrogen-bond donors (Lipinski definition) is 1. The molecule has 1 atom stereocenters. The van der Waals surface area contributed by atoms with E-state index < -0.39 is 10.0 Å². The van der Waals surface area contributed by atoms with Crippen LogP contribution in [0.25, 0.3) is 0 Å². The van der Waals surface area contributed by atoms with E-state index in [0.29, 0.717) is 17.8 Å². The molecule has 1 heterocycles. The van der Waals surface area contributed by atoms with Gasteiger partial charge in [0.25, 0.3) is 5.91 Å². The molecule has 24 heavy (non-hydrogen) atoms. The fraction of sp³-hybridized carbons (Fsp3) is 0.353. The molecular weight excluding hydrogens is 344 g/mol. The van der Waals surface area contributed by atoms with E-state index in [4.69, 9.17) is 0 Å². The van der Waals surface area contributed by atoms with Crippen LogP contribution in [-0.2, 0) is 16.4 Å². The van der Waals surface area contributed by atoms with Crippen LogP contribution in [0.5, 0.6) is 0 Å². The molecule has 0 aliphatic carbocycles. The number of nitrogens with zero attached hydrogens (tertiary/aromatic N) is 1. The smallest absolute Gasteiger partial charge is 0.264 e. The summed E-state index contributed by atoms with van der Waals surface area (Å²) in [6.07, 6.45) is 1.71. The summed E-state index contributed by atoms with van der Waals surface area (Å²) in [5.74, 6) is -0.0290. The average Bonchev–Trinajstić information content (AvgIpc) is 3.01. The van der Waals surface area contributed by atoms with Crippen LogP contribution in [0.2, 0.25) is 0 Å². The summed E-state index contributed by atoms with van der Waals surface area (Å²) in [5, 5.41) is 0. The normalized spacial score (nSPS) is 12.8. The highest BCUT2D eigenvalue weighted by Gasteiger charge is 2.20. The Balaban J connectivity index is 2.00. The van der Waals surface area contributed by atoms with Gasteiger partial charge >= 0.3 is 0 Å². The van der Waals surface area contributed by atoms with Crippen LogP contribution in [0, 0.1) is 0 Å². The maximum Gasteiger partial charge on any atom is 0.264 e. The first kappa shape index (κ1) is 18.6. The lowest BCUT2D eigenvalue weighted by molar-refractivity contribution is 0.0747. The van der Waals surface area contributed by atoms with Crippen LogP contribution < -0.4 is 4.72 Å². The highest BCUT2D eigenvalue weighted by atomic mass is 32.2. The van der Waals surface area contributed by atoms with E-state index in [0.717, 1.165) is 16.7 Å². The number of thiophene rings is 1. The molecule has 0 bridgehead atoms. The van der Waals surface area contributed by atoms with Crippen molar-refractivity contribution in [2.24, 2.45) is 0 Å². The Bertz CT molecular complexity index is 785. The molecule has 1 aromatic heterocycles. The summed E-state index contributed by atoms with van der Waals surface area (Å²) < 4.78 is 24.6. The Morgan fingerprint density at radius 3 is 2.50 bits per heavy atom. The molecule has 5 nitrogen and oxygen atoms in total. The molecule has 0 saturated carbocycles. The van der Waals surface area contributed by atoms with E-state index in [1.54, 1.807) is 18.0 Å². The molecule has 1 aromatic carbocycles. The van der Waals surface area contributed by atoms with E-state index in [9.17, 15) is 13.2 Å². The van der Waals surface area contributed by atoms with Crippen molar-refractivity contribution in [2.45, 2.75) is 19.4 Å². The van der Waals surface area contributed by atoms with Crippen LogP contribution in [0.4, 0.5) is 0 Å². The number of rotatable bonds is 7. The maximum absolute atomic E-state index is 12.6. The van der Waals surface area contributed by atoms with Crippen LogP contribution >= 0.6 is 11.3 Å². The quantitative estimate of drug-likeness (QED) is 0.819. The SMILES string of the molecule is CC(c1ccccc1)N(C)C(=O)c1ccc(CCNS(C)(=O)=O)s1. The lowest BCUT2D eigenvalue weighted by Crippen LogP contribution is -2.29. The Morgan fingerprint density at radius 1 is 1.21 bits per heavy atom. The lowest BCUT2D eigenvalue weighted by Gasteiger charge is -2.24. The highest BCUT2D eigenvalue weighted by Crippen LogP contribution is 2.24. The van der Waals surface area contributed by atoms with Crippen molar-refractivity contribution in [3.05, 3.63) is 57.8 Å². The summed E-state index contributed by atoms with van der Waals surface area (Å²) in [6, 6.07) is 13.5. The molecule has 0 aliphatic rings. The molecule has 0 saturated heterocycles. The molecule has 2 aromatic rings. The van der Waals surface area contributed by atoms with E-state index >= 15 is 0 Å². The largest absolute Gasteiger partial charge is 0.334 e. The predicted octanol–water partition coefficient (Wildman–Crippen LogP) is 2.67. The number of sulfonamides is 1. The second-order valence-electron chi connectivity index (χ2n) is 5.69. The first-order valence-electron chi connectivity index (χ1n) is 7.63. The van der Waals surface area contributed by atoms with Crippen molar-refractivity contribution in [3.63, 3.8) is 0 Å². The first-order chi connectivity index (χ1) is 11.3. The zero-order valence-corrected chi connectivity index (χ0v) is 15.7. The summed E-state index contributed by atoms with van der Waals surface area (Å²) in [4.78, 5) is 16.0. The van der Waals surface area contributed by atoms with Crippen molar-refractivity contribution in [1.82, 2.24) is 9.62 Å². The standard InChI is InChI=1S/C17H22N2O3S2/c1-13(14-7-5-4-6-8-14)19(2)17(20)16-10-9-15(23-16)11-12-18-24(3,21)22/h4-10,13,18H,11-12H2,1-3H3. The minimum atomic E-state index is -3.18. The molecule has 130 valence electrons. The van der Waals surface area contributed by atoms with Crippen molar-refractivity contribution in [2.75, 3.05) is 19.8 Å². The van der Waals surface area contributed by atoms with Gasteiger partial charge in [0.2, 0.25) is 10.0 Å². The molecular formula is C17H22N2O3S2. The van der Waals surface area contributed by atoms with E-state index in [1.807, 2.05) is 43.3 Å². The molecule has 1 unspecified atom stereocenters. The zero-order chi connectivity index (χ0) is 17.7. The van der Waals surface area contributed by atoms with Gasteiger partial charge in [-0.2, -0.15) is 0 Å².